The summed E-state index contributed by atoms with van der Waals surface area (Å²) >= 11 is 0. The number of furan rings is 1. The van der Waals surface area contributed by atoms with E-state index < -0.39 is 0 Å². The highest BCUT2D eigenvalue weighted by molar-refractivity contribution is 5.33. The molecule has 1 aromatic heterocycles. The summed E-state index contributed by atoms with van der Waals surface area (Å²) in [4.78, 5) is 5.07. The Kier molecular flexibility index (Phi) is 4.15. The largest absolute Gasteiger partial charge is 0.469 e. The van der Waals surface area contributed by atoms with Crippen molar-refractivity contribution in [3.8, 4) is 0 Å². The molecular weight excluding hydrogens is 250 g/mol. The quantitative estimate of drug-likeness (QED) is 0.915. The Balaban J connectivity index is 1.82. The Bertz CT molecular complexity index is 449. The van der Waals surface area contributed by atoms with Gasteiger partial charge in [0, 0.05) is 44.2 Å². The maximum atomic E-state index is 5.83. The maximum absolute atomic E-state index is 5.83. The summed E-state index contributed by atoms with van der Waals surface area (Å²) in [7, 11) is 2.21. The smallest absolute Gasteiger partial charge is 0.109 e. The first-order chi connectivity index (χ1) is 9.69. The maximum Gasteiger partial charge on any atom is 0.109 e. The molecule has 2 unspecified atom stereocenters. The standard InChI is InChI=1S/C16H27N3O/c1-12-11-20-15-10-13(3-4-17)9-14(16(12)15)19-7-5-18(2)6-8-19/h11,13-14H,3-10,17H2,1-2H3. The number of nitrogens with two attached hydrogens (primary N) is 1. The van der Waals surface area contributed by atoms with Gasteiger partial charge in [-0.25, -0.2) is 0 Å². The summed E-state index contributed by atoms with van der Waals surface area (Å²) in [6, 6.07) is 0.544. The van der Waals surface area contributed by atoms with Crippen LogP contribution in [-0.2, 0) is 6.42 Å². The van der Waals surface area contributed by atoms with Crippen molar-refractivity contribution in [1.29, 1.82) is 0 Å². The van der Waals surface area contributed by atoms with Crippen LogP contribution >= 0.6 is 0 Å². The van der Waals surface area contributed by atoms with Crippen LogP contribution in [0.15, 0.2) is 10.7 Å². The number of likely N-dealkylation sites (N-methyl/N-ethyl adjacent to an activating group) is 1. The van der Waals surface area contributed by atoms with Crippen molar-refractivity contribution in [1.82, 2.24) is 9.80 Å². The van der Waals surface area contributed by atoms with Crippen LogP contribution in [0.1, 0.15) is 35.8 Å². The Morgan fingerprint density at radius 1 is 1.30 bits per heavy atom. The topological polar surface area (TPSA) is 45.6 Å². The van der Waals surface area contributed by atoms with E-state index in [0.29, 0.717) is 12.0 Å². The minimum Gasteiger partial charge on any atom is -0.469 e. The second kappa shape index (κ2) is 5.88. The summed E-state index contributed by atoms with van der Waals surface area (Å²) in [5.41, 5.74) is 8.58. The van der Waals surface area contributed by atoms with Crippen molar-refractivity contribution in [3.63, 3.8) is 0 Å². The Labute approximate surface area is 121 Å². The van der Waals surface area contributed by atoms with Gasteiger partial charge >= 0.3 is 0 Å². The van der Waals surface area contributed by atoms with Crippen LogP contribution in [0.2, 0.25) is 0 Å². The van der Waals surface area contributed by atoms with Crippen LogP contribution in [0.5, 0.6) is 0 Å². The van der Waals surface area contributed by atoms with E-state index in [4.69, 9.17) is 10.2 Å². The molecule has 2 aliphatic rings. The Hall–Kier alpha value is -0.840. The lowest BCUT2D eigenvalue weighted by Crippen LogP contribution is -2.47. The normalized spacial score (nSPS) is 28.6. The van der Waals surface area contributed by atoms with E-state index in [1.54, 1.807) is 0 Å². The van der Waals surface area contributed by atoms with Gasteiger partial charge < -0.3 is 15.1 Å². The molecule has 2 heterocycles. The van der Waals surface area contributed by atoms with Gasteiger partial charge in [0.05, 0.1) is 6.26 Å². The molecule has 2 N–H and O–H groups in total. The fraction of sp³-hybridized carbons (Fsp3) is 0.750. The zero-order valence-electron chi connectivity index (χ0n) is 12.8. The lowest BCUT2D eigenvalue weighted by atomic mass is 9.80. The average molecular weight is 277 g/mol. The van der Waals surface area contributed by atoms with Crippen molar-refractivity contribution in [2.45, 2.75) is 32.2 Å². The third kappa shape index (κ3) is 2.65. The highest BCUT2D eigenvalue weighted by Crippen LogP contribution is 2.41. The molecule has 0 spiro atoms. The molecule has 0 bridgehead atoms. The fourth-order valence-electron chi connectivity index (χ4n) is 3.81. The summed E-state index contributed by atoms with van der Waals surface area (Å²) in [5.74, 6) is 1.90. The molecule has 2 atom stereocenters. The number of piperazine rings is 1. The van der Waals surface area contributed by atoms with Crippen LogP contribution in [0, 0.1) is 12.8 Å². The number of hydrogen-bond acceptors (Lipinski definition) is 4. The summed E-state index contributed by atoms with van der Waals surface area (Å²) in [6.07, 6.45) is 5.38. The Morgan fingerprint density at radius 3 is 2.75 bits per heavy atom. The first-order valence-corrected chi connectivity index (χ1v) is 7.88. The van der Waals surface area contributed by atoms with E-state index >= 15 is 0 Å². The molecule has 1 saturated heterocycles. The van der Waals surface area contributed by atoms with Gasteiger partial charge in [0.1, 0.15) is 5.76 Å². The van der Waals surface area contributed by atoms with Gasteiger partial charge in [0.25, 0.3) is 0 Å². The molecule has 0 radical (unpaired) electrons. The molecule has 0 saturated carbocycles. The van der Waals surface area contributed by atoms with Crippen LogP contribution < -0.4 is 5.73 Å². The van der Waals surface area contributed by atoms with Crippen LogP contribution in [-0.4, -0.2) is 49.6 Å². The minimum absolute atomic E-state index is 0.544. The molecule has 0 aromatic carbocycles. The van der Waals surface area contributed by atoms with Gasteiger partial charge in [-0.05, 0) is 44.8 Å². The number of nitrogens with zero attached hydrogens (tertiary/aromatic N) is 2. The third-order valence-electron chi connectivity index (χ3n) is 5.02. The molecule has 1 aliphatic heterocycles. The van der Waals surface area contributed by atoms with E-state index in [2.05, 4.69) is 23.8 Å². The number of aryl methyl sites for hydroxylation is 1. The van der Waals surface area contributed by atoms with Gasteiger partial charge in [-0.1, -0.05) is 0 Å². The van der Waals surface area contributed by atoms with Gasteiger partial charge in [0.15, 0.2) is 0 Å². The molecule has 112 valence electrons. The summed E-state index contributed by atoms with van der Waals surface area (Å²) < 4.78 is 5.83. The van der Waals surface area contributed by atoms with E-state index in [0.717, 1.165) is 19.4 Å². The summed E-state index contributed by atoms with van der Waals surface area (Å²) in [6.45, 7) is 7.65. The number of hydrogen-bond donors (Lipinski definition) is 1. The lowest BCUT2D eigenvalue weighted by Gasteiger charge is -2.41. The first kappa shape index (κ1) is 14.1. The second-order valence-electron chi connectivity index (χ2n) is 6.49. The van der Waals surface area contributed by atoms with Gasteiger partial charge in [-0.3, -0.25) is 4.90 Å². The molecular formula is C16H27N3O. The zero-order valence-corrected chi connectivity index (χ0v) is 12.8. The monoisotopic (exact) mass is 277 g/mol. The first-order valence-electron chi connectivity index (χ1n) is 7.88. The van der Waals surface area contributed by atoms with Gasteiger partial charge in [-0.15, -0.1) is 0 Å². The van der Waals surface area contributed by atoms with Crippen molar-refractivity contribution >= 4 is 0 Å². The van der Waals surface area contributed by atoms with E-state index in [-0.39, 0.29) is 0 Å². The number of fused-ring (bicyclic) bond motifs is 1. The summed E-state index contributed by atoms with van der Waals surface area (Å²) in [5, 5.41) is 0. The van der Waals surface area contributed by atoms with Crippen LogP contribution in [0.25, 0.3) is 0 Å². The highest BCUT2D eigenvalue weighted by atomic mass is 16.3. The predicted octanol–water partition coefficient (Wildman–Crippen LogP) is 1.79. The molecule has 4 heteroatoms. The van der Waals surface area contributed by atoms with E-state index in [1.807, 2.05) is 6.26 Å². The van der Waals surface area contributed by atoms with E-state index in [9.17, 15) is 0 Å². The SMILES string of the molecule is Cc1coc2c1C(N1CCN(C)CC1)CC(CCN)C2. The lowest BCUT2D eigenvalue weighted by molar-refractivity contribution is 0.0886. The highest BCUT2D eigenvalue weighted by Gasteiger charge is 2.35. The predicted molar refractivity (Wildman–Crippen MR) is 80.7 cm³/mol. The molecule has 1 aliphatic carbocycles. The van der Waals surface area contributed by atoms with Gasteiger partial charge in [0.2, 0.25) is 0 Å². The van der Waals surface area contributed by atoms with E-state index in [1.165, 1.54) is 49.5 Å². The Morgan fingerprint density at radius 2 is 2.05 bits per heavy atom. The molecule has 1 aromatic rings. The molecule has 20 heavy (non-hydrogen) atoms. The zero-order chi connectivity index (χ0) is 14.1. The molecule has 3 rings (SSSR count). The van der Waals surface area contributed by atoms with Crippen LogP contribution in [0.3, 0.4) is 0 Å². The van der Waals surface area contributed by atoms with Crippen molar-refractivity contribution in [3.05, 3.63) is 23.2 Å². The second-order valence-corrected chi connectivity index (χ2v) is 6.49. The van der Waals surface area contributed by atoms with Crippen molar-refractivity contribution in [2.75, 3.05) is 39.8 Å². The minimum atomic E-state index is 0.544. The molecule has 0 amide bonds. The fourth-order valence-corrected chi connectivity index (χ4v) is 3.81. The van der Waals surface area contributed by atoms with Crippen molar-refractivity contribution < 1.29 is 4.42 Å². The van der Waals surface area contributed by atoms with Crippen LogP contribution in [0.4, 0.5) is 0 Å². The number of rotatable bonds is 3. The molecule has 4 nitrogen and oxygen atoms in total. The van der Waals surface area contributed by atoms with Crippen molar-refractivity contribution in [2.24, 2.45) is 11.7 Å². The van der Waals surface area contributed by atoms with Gasteiger partial charge in [-0.2, -0.15) is 0 Å². The average Bonchev–Trinajstić information content (AvgIpc) is 2.81. The third-order valence-corrected chi connectivity index (χ3v) is 5.02. The molecule has 1 fully saturated rings.